The topological polar surface area (TPSA) is 72.5 Å². The van der Waals surface area contributed by atoms with Crippen LogP contribution in [0.1, 0.15) is 24.9 Å². The summed E-state index contributed by atoms with van der Waals surface area (Å²) in [6.07, 6.45) is 0.0931. The molecule has 0 radical (unpaired) electrons. The van der Waals surface area contributed by atoms with Gasteiger partial charge < -0.3 is 15.6 Å². The Bertz CT molecular complexity index is 381. The molecule has 0 unspecified atom stereocenters. The van der Waals surface area contributed by atoms with Crippen LogP contribution in [-0.2, 0) is 9.53 Å². The van der Waals surface area contributed by atoms with Crippen molar-refractivity contribution in [1.82, 2.24) is 0 Å². The summed E-state index contributed by atoms with van der Waals surface area (Å²) in [6.45, 7) is 2.08. The van der Waals surface area contributed by atoms with E-state index in [0.717, 1.165) is 4.47 Å². The van der Waals surface area contributed by atoms with E-state index in [9.17, 15) is 9.90 Å². The van der Waals surface area contributed by atoms with Crippen LogP contribution in [0.3, 0.4) is 0 Å². The number of esters is 1. The maximum atomic E-state index is 11.2. The quantitative estimate of drug-likeness (QED) is 0.832. The number of nitrogens with two attached hydrogens (primary N) is 1. The molecule has 0 aromatic heterocycles. The van der Waals surface area contributed by atoms with E-state index in [0.29, 0.717) is 12.2 Å². The normalized spacial score (nSPS) is 12.2. The second-order valence-corrected chi connectivity index (χ2v) is 4.18. The molecule has 1 aromatic carbocycles. The van der Waals surface area contributed by atoms with Crippen LogP contribution in [-0.4, -0.2) is 17.7 Å². The van der Waals surface area contributed by atoms with Gasteiger partial charge in [-0.1, -0.05) is 15.9 Å². The second-order valence-electron chi connectivity index (χ2n) is 3.32. The van der Waals surface area contributed by atoms with Gasteiger partial charge in [0.05, 0.1) is 13.0 Å². The number of ether oxygens (including phenoxy) is 1. The highest BCUT2D eigenvalue weighted by molar-refractivity contribution is 9.10. The third kappa shape index (κ3) is 3.50. The van der Waals surface area contributed by atoms with E-state index < -0.39 is 6.04 Å². The van der Waals surface area contributed by atoms with E-state index in [1.165, 1.54) is 6.07 Å². The molecule has 0 amide bonds. The molecule has 3 N–H and O–H groups in total. The van der Waals surface area contributed by atoms with Gasteiger partial charge in [-0.15, -0.1) is 0 Å². The van der Waals surface area contributed by atoms with Crippen LogP contribution in [0.4, 0.5) is 0 Å². The molecule has 0 saturated carbocycles. The van der Waals surface area contributed by atoms with E-state index in [4.69, 9.17) is 10.5 Å². The van der Waals surface area contributed by atoms with Crippen LogP contribution in [0.25, 0.3) is 0 Å². The molecule has 1 atom stereocenters. The average molecular weight is 288 g/mol. The van der Waals surface area contributed by atoms with Gasteiger partial charge in [0.25, 0.3) is 0 Å². The van der Waals surface area contributed by atoms with Crippen LogP contribution in [0.15, 0.2) is 22.7 Å². The molecule has 0 spiro atoms. The van der Waals surface area contributed by atoms with Gasteiger partial charge in [-0.2, -0.15) is 0 Å². The highest BCUT2D eigenvalue weighted by atomic mass is 79.9. The van der Waals surface area contributed by atoms with Crippen molar-refractivity contribution in [1.29, 1.82) is 0 Å². The molecule has 16 heavy (non-hydrogen) atoms. The highest BCUT2D eigenvalue weighted by Crippen LogP contribution is 2.27. The zero-order chi connectivity index (χ0) is 12.1. The fourth-order valence-electron chi connectivity index (χ4n) is 1.32. The van der Waals surface area contributed by atoms with Crippen molar-refractivity contribution in [2.75, 3.05) is 6.61 Å². The van der Waals surface area contributed by atoms with Crippen LogP contribution >= 0.6 is 15.9 Å². The van der Waals surface area contributed by atoms with Gasteiger partial charge in [0, 0.05) is 10.5 Å². The molecule has 1 aromatic rings. The molecule has 0 aliphatic carbocycles. The zero-order valence-corrected chi connectivity index (χ0v) is 10.5. The predicted octanol–water partition coefficient (Wildman–Crippen LogP) is 2.11. The molecule has 5 heteroatoms. The minimum atomic E-state index is -0.486. The molecule has 0 aliphatic rings. The number of carbonyl (C=O) groups is 1. The number of aromatic hydroxyl groups is 1. The molecule has 0 aliphatic heterocycles. The lowest BCUT2D eigenvalue weighted by Gasteiger charge is -2.13. The second kappa shape index (κ2) is 5.86. The average Bonchev–Trinajstić information content (AvgIpc) is 2.21. The molecular formula is C11H14BrNO3. The number of rotatable bonds is 4. The third-order valence-electron chi connectivity index (χ3n) is 2.07. The summed E-state index contributed by atoms with van der Waals surface area (Å²) in [5.74, 6) is -0.220. The van der Waals surface area contributed by atoms with Gasteiger partial charge in [-0.05, 0) is 30.7 Å². The van der Waals surface area contributed by atoms with Gasteiger partial charge in [0.2, 0.25) is 0 Å². The standard InChI is InChI=1S/C11H14BrNO3/c1-2-16-11(15)6-10(13)8-5-7(14)3-4-9(8)12/h3-5,10,14H,2,6,13H2,1H3/t10-/m1/s1. The van der Waals surface area contributed by atoms with E-state index in [1.54, 1.807) is 19.1 Å². The van der Waals surface area contributed by atoms with Crippen molar-refractivity contribution in [2.45, 2.75) is 19.4 Å². The zero-order valence-electron chi connectivity index (χ0n) is 8.94. The maximum absolute atomic E-state index is 11.2. The summed E-state index contributed by atoms with van der Waals surface area (Å²) >= 11 is 3.32. The Morgan fingerprint density at radius 1 is 1.62 bits per heavy atom. The predicted molar refractivity (Wildman–Crippen MR) is 64.0 cm³/mol. The summed E-state index contributed by atoms with van der Waals surface area (Å²) in [4.78, 5) is 11.2. The Morgan fingerprint density at radius 3 is 2.94 bits per heavy atom. The lowest BCUT2D eigenvalue weighted by Crippen LogP contribution is -2.17. The highest BCUT2D eigenvalue weighted by Gasteiger charge is 2.15. The van der Waals surface area contributed by atoms with Crippen molar-refractivity contribution >= 4 is 21.9 Å². The third-order valence-corrected chi connectivity index (χ3v) is 2.79. The van der Waals surface area contributed by atoms with Crippen molar-refractivity contribution in [3.8, 4) is 5.75 Å². The lowest BCUT2D eigenvalue weighted by molar-refractivity contribution is -0.143. The number of phenolic OH excluding ortho intramolecular Hbond substituents is 1. The lowest BCUT2D eigenvalue weighted by atomic mass is 10.0. The van der Waals surface area contributed by atoms with Crippen LogP contribution < -0.4 is 5.73 Å². The number of halogens is 1. The van der Waals surface area contributed by atoms with Crippen LogP contribution in [0.2, 0.25) is 0 Å². The smallest absolute Gasteiger partial charge is 0.307 e. The minimum absolute atomic E-state index is 0.0931. The molecule has 0 heterocycles. The molecule has 4 nitrogen and oxygen atoms in total. The Hall–Kier alpha value is -1.07. The Balaban J connectivity index is 2.76. The Morgan fingerprint density at radius 2 is 2.31 bits per heavy atom. The number of hydrogen-bond donors (Lipinski definition) is 2. The van der Waals surface area contributed by atoms with Crippen LogP contribution in [0, 0.1) is 0 Å². The maximum Gasteiger partial charge on any atom is 0.307 e. The number of carbonyl (C=O) groups excluding carboxylic acids is 1. The molecule has 0 fully saturated rings. The largest absolute Gasteiger partial charge is 0.508 e. The van der Waals surface area contributed by atoms with E-state index in [-0.39, 0.29) is 18.1 Å². The van der Waals surface area contributed by atoms with Gasteiger partial charge in [0.1, 0.15) is 5.75 Å². The first-order valence-corrected chi connectivity index (χ1v) is 5.73. The Kier molecular flexibility index (Phi) is 4.76. The number of benzene rings is 1. The first-order chi connectivity index (χ1) is 7.54. The van der Waals surface area contributed by atoms with Crippen molar-refractivity contribution < 1.29 is 14.6 Å². The first-order valence-electron chi connectivity index (χ1n) is 4.94. The fourth-order valence-corrected chi connectivity index (χ4v) is 1.87. The summed E-state index contributed by atoms with van der Waals surface area (Å²) in [5, 5.41) is 9.33. The molecule has 1 rings (SSSR count). The summed E-state index contributed by atoms with van der Waals surface area (Å²) in [7, 11) is 0. The van der Waals surface area contributed by atoms with Crippen molar-refractivity contribution in [3.63, 3.8) is 0 Å². The SMILES string of the molecule is CCOC(=O)C[C@@H](N)c1cc(O)ccc1Br. The molecular weight excluding hydrogens is 274 g/mol. The van der Waals surface area contributed by atoms with E-state index >= 15 is 0 Å². The summed E-state index contributed by atoms with van der Waals surface area (Å²) < 4.78 is 5.57. The fraction of sp³-hybridized carbons (Fsp3) is 0.364. The summed E-state index contributed by atoms with van der Waals surface area (Å²) in [5.41, 5.74) is 6.54. The van der Waals surface area contributed by atoms with E-state index in [1.807, 2.05) is 0 Å². The van der Waals surface area contributed by atoms with E-state index in [2.05, 4.69) is 15.9 Å². The number of phenols is 1. The minimum Gasteiger partial charge on any atom is -0.508 e. The monoisotopic (exact) mass is 287 g/mol. The molecule has 0 saturated heterocycles. The van der Waals surface area contributed by atoms with Crippen molar-refractivity contribution in [3.05, 3.63) is 28.2 Å². The van der Waals surface area contributed by atoms with Crippen LogP contribution in [0.5, 0.6) is 5.75 Å². The van der Waals surface area contributed by atoms with Gasteiger partial charge in [-0.25, -0.2) is 0 Å². The van der Waals surface area contributed by atoms with Gasteiger partial charge in [-0.3, -0.25) is 4.79 Å². The number of hydrogen-bond acceptors (Lipinski definition) is 4. The Labute approximate surface area is 103 Å². The summed E-state index contributed by atoms with van der Waals surface area (Å²) in [6, 6.07) is 4.29. The van der Waals surface area contributed by atoms with Crippen molar-refractivity contribution in [2.24, 2.45) is 5.73 Å². The van der Waals surface area contributed by atoms with Gasteiger partial charge >= 0.3 is 5.97 Å². The molecule has 0 bridgehead atoms. The first kappa shape index (κ1) is 13.0. The molecule has 88 valence electrons. The van der Waals surface area contributed by atoms with Gasteiger partial charge in [0.15, 0.2) is 0 Å².